The summed E-state index contributed by atoms with van der Waals surface area (Å²) >= 11 is 0. The van der Waals surface area contributed by atoms with Gasteiger partial charge in [-0.15, -0.1) is 0 Å². The third-order valence-electron chi connectivity index (χ3n) is 5.37. The highest BCUT2D eigenvalue weighted by Crippen LogP contribution is 2.26. The highest BCUT2D eigenvalue weighted by molar-refractivity contribution is 6.01. The van der Waals surface area contributed by atoms with Crippen LogP contribution >= 0.6 is 0 Å². The molecule has 1 atom stereocenters. The number of carbonyl (C=O) groups is 3. The first-order chi connectivity index (χ1) is 13.9. The Morgan fingerprint density at radius 1 is 1.17 bits per heavy atom. The first-order valence-corrected chi connectivity index (χ1v) is 10.6. The molecule has 2 aliphatic heterocycles. The van der Waals surface area contributed by atoms with Gasteiger partial charge in [0.05, 0.1) is 12.5 Å². The second kappa shape index (κ2) is 11.0. The fourth-order valence-electron chi connectivity index (χ4n) is 3.65. The van der Waals surface area contributed by atoms with Gasteiger partial charge in [0.15, 0.2) is 0 Å². The lowest BCUT2D eigenvalue weighted by Crippen LogP contribution is -2.51. The third kappa shape index (κ3) is 6.29. The number of benzene rings is 1. The Labute approximate surface area is 173 Å². The van der Waals surface area contributed by atoms with Crippen molar-refractivity contribution in [3.63, 3.8) is 0 Å². The molecular formula is C22H34N4O3. The number of amides is 3. The van der Waals surface area contributed by atoms with Gasteiger partial charge in [0.1, 0.15) is 0 Å². The minimum atomic E-state index is -0.315. The summed E-state index contributed by atoms with van der Waals surface area (Å²) in [4.78, 5) is 40.1. The van der Waals surface area contributed by atoms with E-state index >= 15 is 0 Å². The van der Waals surface area contributed by atoms with Crippen LogP contribution in [0.4, 0.5) is 5.69 Å². The maximum atomic E-state index is 12.5. The Morgan fingerprint density at radius 3 is 2.48 bits per heavy atom. The Morgan fingerprint density at radius 2 is 1.86 bits per heavy atom. The van der Waals surface area contributed by atoms with Crippen LogP contribution in [0.2, 0.25) is 0 Å². The van der Waals surface area contributed by atoms with E-state index in [1.807, 2.05) is 43.0 Å². The maximum Gasteiger partial charge on any atom is 0.241 e. The number of imide groups is 1. The van der Waals surface area contributed by atoms with Crippen molar-refractivity contribution in [1.82, 2.24) is 15.1 Å². The van der Waals surface area contributed by atoms with E-state index < -0.39 is 0 Å². The van der Waals surface area contributed by atoms with Gasteiger partial charge in [-0.05, 0) is 38.0 Å². The molecule has 29 heavy (non-hydrogen) atoms. The van der Waals surface area contributed by atoms with Crippen molar-refractivity contribution >= 4 is 23.4 Å². The maximum absolute atomic E-state index is 12.5. The number of hydrogen-bond donors (Lipinski definition) is 2. The normalized spacial score (nSPS) is 20.0. The molecule has 0 radical (unpaired) electrons. The molecule has 2 aliphatic rings. The van der Waals surface area contributed by atoms with E-state index in [2.05, 4.69) is 29.4 Å². The lowest BCUT2D eigenvalue weighted by atomic mass is 9.90. The van der Waals surface area contributed by atoms with Gasteiger partial charge in [-0.1, -0.05) is 26.0 Å². The third-order valence-corrected chi connectivity index (χ3v) is 5.37. The summed E-state index contributed by atoms with van der Waals surface area (Å²) in [6.07, 6.45) is 0.877. The van der Waals surface area contributed by atoms with Crippen LogP contribution in [-0.2, 0) is 14.4 Å². The number of carbonyl (C=O) groups excluding carboxylic acids is 3. The molecule has 2 saturated heterocycles. The number of anilines is 1. The second-order valence-electron chi connectivity index (χ2n) is 7.49. The zero-order valence-corrected chi connectivity index (χ0v) is 18.0. The smallest absolute Gasteiger partial charge is 0.241 e. The molecule has 160 valence electrons. The van der Waals surface area contributed by atoms with Crippen LogP contribution in [0, 0.1) is 0 Å². The topological polar surface area (TPSA) is 81.8 Å². The van der Waals surface area contributed by atoms with Crippen LogP contribution in [-0.4, -0.2) is 66.3 Å². The van der Waals surface area contributed by atoms with E-state index in [4.69, 9.17) is 0 Å². The summed E-state index contributed by atoms with van der Waals surface area (Å²) in [7, 11) is 0. The Bertz CT molecular complexity index is 712. The van der Waals surface area contributed by atoms with E-state index in [9.17, 15) is 14.4 Å². The van der Waals surface area contributed by atoms with Gasteiger partial charge in [0.2, 0.25) is 17.7 Å². The molecule has 0 aliphatic carbocycles. The Balaban J connectivity index is 0.00000145. The van der Waals surface area contributed by atoms with E-state index in [0.717, 1.165) is 37.4 Å². The zero-order chi connectivity index (χ0) is 21.4. The first-order valence-electron chi connectivity index (χ1n) is 10.6. The van der Waals surface area contributed by atoms with Crippen molar-refractivity contribution in [3.05, 3.63) is 29.8 Å². The van der Waals surface area contributed by atoms with Crippen molar-refractivity contribution in [2.24, 2.45) is 0 Å². The zero-order valence-electron chi connectivity index (χ0n) is 18.0. The molecule has 0 aromatic heterocycles. The molecule has 1 unspecified atom stereocenters. The van der Waals surface area contributed by atoms with Crippen LogP contribution in [0.25, 0.3) is 0 Å². The summed E-state index contributed by atoms with van der Waals surface area (Å²) in [5.41, 5.74) is 1.68. The van der Waals surface area contributed by atoms with Crippen LogP contribution in [0.15, 0.2) is 24.3 Å². The summed E-state index contributed by atoms with van der Waals surface area (Å²) in [5, 5.41) is 5.56. The predicted octanol–water partition coefficient (Wildman–Crippen LogP) is 2.20. The summed E-state index contributed by atoms with van der Waals surface area (Å²) in [6.45, 7) is 11.9. The van der Waals surface area contributed by atoms with Gasteiger partial charge in [0.25, 0.3) is 0 Å². The number of piperazine rings is 1. The molecule has 1 aromatic rings. The van der Waals surface area contributed by atoms with Crippen LogP contribution in [0.1, 0.15) is 52.0 Å². The van der Waals surface area contributed by atoms with Crippen molar-refractivity contribution < 1.29 is 14.4 Å². The lowest BCUT2D eigenvalue weighted by molar-refractivity contribution is -0.134. The van der Waals surface area contributed by atoms with Gasteiger partial charge < -0.3 is 10.2 Å². The van der Waals surface area contributed by atoms with E-state index in [1.165, 1.54) is 0 Å². The van der Waals surface area contributed by atoms with Crippen LogP contribution in [0.3, 0.4) is 0 Å². The minimum Gasteiger partial charge on any atom is -0.376 e. The molecule has 7 heteroatoms. The summed E-state index contributed by atoms with van der Waals surface area (Å²) in [5.74, 6) is -0.690. The number of rotatable bonds is 5. The van der Waals surface area contributed by atoms with Crippen molar-refractivity contribution in [1.29, 1.82) is 0 Å². The molecule has 1 aromatic carbocycles. The number of nitrogens with zero attached hydrogens (tertiary/aromatic N) is 2. The molecule has 7 nitrogen and oxygen atoms in total. The number of piperidine rings is 1. The highest BCUT2D eigenvalue weighted by Gasteiger charge is 2.28. The minimum absolute atomic E-state index is 0.0878. The number of hydrogen-bond acceptors (Lipinski definition) is 5. The van der Waals surface area contributed by atoms with E-state index in [0.29, 0.717) is 18.9 Å². The van der Waals surface area contributed by atoms with Crippen molar-refractivity contribution in [2.75, 3.05) is 38.0 Å². The second-order valence-corrected chi connectivity index (χ2v) is 7.49. The fourth-order valence-corrected chi connectivity index (χ4v) is 3.65. The predicted molar refractivity (Wildman–Crippen MR) is 115 cm³/mol. The quantitative estimate of drug-likeness (QED) is 0.738. The van der Waals surface area contributed by atoms with Crippen LogP contribution < -0.4 is 10.6 Å². The Kier molecular flexibility index (Phi) is 8.64. The number of nitrogens with one attached hydrogen (secondary N) is 2. The molecule has 2 fully saturated rings. The van der Waals surface area contributed by atoms with Crippen molar-refractivity contribution in [3.8, 4) is 0 Å². The average Bonchev–Trinajstić information content (AvgIpc) is 2.73. The van der Waals surface area contributed by atoms with Crippen LogP contribution in [0.5, 0.6) is 0 Å². The van der Waals surface area contributed by atoms with Gasteiger partial charge in [0, 0.05) is 44.3 Å². The molecule has 0 spiro atoms. The highest BCUT2D eigenvalue weighted by atomic mass is 16.2. The summed E-state index contributed by atoms with van der Waals surface area (Å²) < 4.78 is 0. The SMILES string of the molecule is CC.CC(C)N1CCN(C(=O)CNc2cccc(C3CCC(=O)NC3=O)c2)CC1. The monoisotopic (exact) mass is 402 g/mol. The fraction of sp³-hybridized carbons (Fsp3) is 0.591. The molecule has 0 bridgehead atoms. The average molecular weight is 403 g/mol. The molecule has 3 rings (SSSR count). The van der Waals surface area contributed by atoms with E-state index in [-0.39, 0.29) is 30.2 Å². The lowest BCUT2D eigenvalue weighted by Gasteiger charge is -2.37. The van der Waals surface area contributed by atoms with E-state index in [1.54, 1.807) is 0 Å². The Hall–Kier alpha value is -2.41. The molecule has 3 amide bonds. The molecule has 0 saturated carbocycles. The van der Waals surface area contributed by atoms with Crippen molar-refractivity contribution in [2.45, 2.75) is 52.5 Å². The summed E-state index contributed by atoms with van der Waals surface area (Å²) in [6, 6.07) is 8.05. The first kappa shape index (κ1) is 22.9. The standard InChI is InChI=1S/C20H28N4O3.C2H6/c1-14(2)23-8-10-24(11-9-23)19(26)13-21-16-5-3-4-15(12-16)17-6-7-18(25)22-20(17)27;1-2/h3-5,12,14,17,21H,6-11,13H2,1-2H3,(H,22,25,27);1-2H3. The molecule has 2 heterocycles. The largest absolute Gasteiger partial charge is 0.376 e. The van der Waals surface area contributed by atoms with Gasteiger partial charge in [-0.25, -0.2) is 0 Å². The molecule has 2 N–H and O–H groups in total. The van der Waals surface area contributed by atoms with Gasteiger partial charge >= 0.3 is 0 Å². The van der Waals surface area contributed by atoms with Gasteiger partial charge in [-0.3, -0.25) is 24.6 Å². The van der Waals surface area contributed by atoms with Gasteiger partial charge in [-0.2, -0.15) is 0 Å². The molecular weight excluding hydrogens is 368 g/mol.